The zero-order chi connectivity index (χ0) is 24.5. The molecule has 2 fully saturated rings. The largest absolute Gasteiger partial charge is 0.447 e. The predicted molar refractivity (Wildman–Crippen MR) is 132 cm³/mol. The van der Waals surface area contributed by atoms with Crippen molar-refractivity contribution < 1.29 is 18.8 Å². The molecule has 0 bridgehead atoms. The number of fused-ring (bicyclic) bond motifs is 1. The van der Waals surface area contributed by atoms with Gasteiger partial charge in [-0.2, -0.15) is 0 Å². The number of nitrogens with zero attached hydrogens (tertiary/aromatic N) is 3. The molecule has 11 heteroatoms. The molecule has 1 saturated heterocycles. The van der Waals surface area contributed by atoms with Crippen molar-refractivity contribution in [3.8, 4) is 0 Å². The number of hydrogen-bond acceptors (Lipinski definition) is 6. The van der Waals surface area contributed by atoms with E-state index in [0.29, 0.717) is 34.8 Å². The van der Waals surface area contributed by atoms with E-state index >= 15 is 0 Å². The standard InChI is InChI=1S/C24H23Cl2N5O4/c25-14-5-8-18(27-11-14)29-24(34)22-21(20-17(35-22)10-15(26)12-28-20)30-23(33)13-3-6-16(7-4-13)31-9-1-2-19(31)32/h5,8,10-13,16H,1-4,6-7,9H2,(H,30,33)(H,27,29,34)/t13-,16-. The summed E-state index contributed by atoms with van der Waals surface area (Å²) in [4.78, 5) is 48.6. The first-order valence-corrected chi connectivity index (χ1v) is 12.3. The van der Waals surface area contributed by atoms with Crippen molar-refractivity contribution in [2.45, 2.75) is 44.6 Å². The van der Waals surface area contributed by atoms with Crippen molar-refractivity contribution in [2.24, 2.45) is 5.92 Å². The van der Waals surface area contributed by atoms with E-state index in [-0.39, 0.29) is 46.6 Å². The summed E-state index contributed by atoms with van der Waals surface area (Å²) in [6, 6.07) is 4.88. The van der Waals surface area contributed by atoms with E-state index in [9.17, 15) is 14.4 Å². The minimum Gasteiger partial charge on any atom is -0.447 e. The topological polar surface area (TPSA) is 117 Å². The Balaban J connectivity index is 1.34. The van der Waals surface area contributed by atoms with Crippen molar-refractivity contribution in [2.75, 3.05) is 17.2 Å². The van der Waals surface area contributed by atoms with Gasteiger partial charge in [0, 0.05) is 43.4 Å². The Kier molecular flexibility index (Phi) is 6.62. The number of hydrogen-bond donors (Lipinski definition) is 2. The van der Waals surface area contributed by atoms with Gasteiger partial charge in [-0.3, -0.25) is 14.4 Å². The van der Waals surface area contributed by atoms with Gasteiger partial charge in [0.2, 0.25) is 17.6 Å². The molecule has 0 spiro atoms. The second kappa shape index (κ2) is 9.83. The van der Waals surface area contributed by atoms with Crippen molar-refractivity contribution in [1.82, 2.24) is 14.9 Å². The van der Waals surface area contributed by atoms with Gasteiger partial charge in [-0.1, -0.05) is 23.2 Å². The summed E-state index contributed by atoms with van der Waals surface area (Å²) >= 11 is 11.9. The van der Waals surface area contributed by atoms with E-state index < -0.39 is 5.91 Å². The molecule has 2 aliphatic rings. The van der Waals surface area contributed by atoms with Gasteiger partial charge >= 0.3 is 0 Å². The number of rotatable bonds is 5. The molecule has 3 aromatic heterocycles. The van der Waals surface area contributed by atoms with Crippen LogP contribution in [0.25, 0.3) is 11.1 Å². The number of furan rings is 1. The minimum absolute atomic E-state index is 0.101. The van der Waals surface area contributed by atoms with E-state index in [1.54, 1.807) is 12.1 Å². The molecule has 3 amide bonds. The van der Waals surface area contributed by atoms with E-state index in [2.05, 4.69) is 20.6 Å². The summed E-state index contributed by atoms with van der Waals surface area (Å²) < 4.78 is 5.75. The second-order valence-corrected chi connectivity index (χ2v) is 9.68. The van der Waals surface area contributed by atoms with Crippen LogP contribution in [-0.4, -0.2) is 45.2 Å². The lowest BCUT2D eigenvalue weighted by atomic mass is 9.84. The predicted octanol–water partition coefficient (Wildman–Crippen LogP) is 4.90. The van der Waals surface area contributed by atoms with Gasteiger partial charge in [-0.25, -0.2) is 9.97 Å². The molecule has 0 aromatic carbocycles. The third-order valence-corrected chi connectivity index (χ3v) is 6.97. The maximum Gasteiger partial charge on any atom is 0.294 e. The van der Waals surface area contributed by atoms with Gasteiger partial charge in [0.05, 0.1) is 10.0 Å². The molecule has 3 aromatic rings. The fourth-order valence-corrected chi connectivity index (χ4v) is 5.04. The summed E-state index contributed by atoms with van der Waals surface area (Å²) in [7, 11) is 0. The molecule has 0 atom stereocenters. The molecule has 1 aliphatic carbocycles. The lowest BCUT2D eigenvalue weighted by Crippen LogP contribution is -2.40. The Hall–Kier alpha value is -3.17. The van der Waals surface area contributed by atoms with Gasteiger partial charge in [-0.15, -0.1) is 0 Å². The molecule has 1 aliphatic heterocycles. The van der Waals surface area contributed by atoms with Crippen molar-refractivity contribution in [3.63, 3.8) is 0 Å². The van der Waals surface area contributed by atoms with Crippen LogP contribution in [0.3, 0.4) is 0 Å². The van der Waals surface area contributed by atoms with Crippen LogP contribution in [0.1, 0.15) is 49.1 Å². The Morgan fingerprint density at radius 3 is 2.49 bits per heavy atom. The highest BCUT2D eigenvalue weighted by atomic mass is 35.5. The van der Waals surface area contributed by atoms with Crippen molar-refractivity contribution in [1.29, 1.82) is 0 Å². The minimum atomic E-state index is -0.597. The van der Waals surface area contributed by atoms with Crippen LogP contribution in [-0.2, 0) is 9.59 Å². The van der Waals surface area contributed by atoms with E-state index in [0.717, 1.165) is 25.8 Å². The number of likely N-dealkylation sites (tertiary alicyclic amines) is 1. The van der Waals surface area contributed by atoms with Gasteiger partial charge in [0.25, 0.3) is 5.91 Å². The lowest BCUT2D eigenvalue weighted by molar-refractivity contribution is -0.130. The van der Waals surface area contributed by atoms with Crippen molar-refractivity contribution in [3.05, 3.63) is 46.4 Å². The SMILES string of the molecule is O=C(Nc1ccc(Cl)cn1)c1oc2cc(Cl)cnc2c1NC(=O)[C@H]1CC[C@H](N2CCCC2=O)CC1. The first kappa shape index (κ1) is 23.6. The summed E-state index contributed by atoms with van der Waals surface area (Å²) in [5.74, 6) is -0.669. The van der Waals surface area contributed by atoms with E-state index in [1.165, 1.54) is 18.5 Å². The highest BCUT2D eigenvalue weighted by Crippen LogP contribution is 2.34. The number of carbonyl (C=O) groups excluding carboxylic acids is 3. The first-order chi connectivity index (χ1) is 16.9. The number of amides is 3. The van der Waals surface area contributed by atoms with Crippen LogP contribution >= 0.6 is 23.2 Å². The number of aromatic nitrogens is 2. The Morgan fingerprint density at radius 2 is 1.80 bits per heavy atom. The van der Waals surface area contributed by atoms with Crippen LogP contribution < -0.4 is 10.6 Å². The van der Waals surface area contributed by atoms with Gasteiger partial charge in [0.1, 0.15) is 17.0 Å². The van der Waals surface area contributed by atoms with Crippen LogP contribution in [0, 0.1) is 5.92 Å². The number of halogens is 2. The maximum absolute atomic E-state index is 13.2. The third-order valence-electron chi connectivity index (χ3n) is 6.54. The molecule has 4 heterocycles. The Morgan fingerprint density at radius 1 is 1.03 bits per heavy atom. The second-order valence-electron chi connectivity index (χ2n) is 8.81. The highest BCUT2D eigenvalue weighted by Gasteiger charge is 2.34. The zero-order valence-corrected chi connectivity index (χ0v) is 20.2. The third kappa shape index (κ3) is 4.97. The fraction of sp³-hybridized carbons (Fsp3) is 0.375. The smallest absolute Gasteiger partial charge is 0.294 e. The Labute approximate surface area is 211 Å². The maximum atomic E-state index is 13.2. The fourth-order valence-electron chi connectivity index (χ4n) is 4.78. The van der Waals surface area contributed by atoms with Gasteiger partial charge < -0.3 is 20.0 Å². The number of anilines is 2. The molecular formula is C24H23Cl2N5O4. The molecule has 2 N–H and O–H groups in total. The molecule has 182 valence electrons. The highest BCUT2D eigenvalue weighted by molar-refractivity contribution is 6.31. The molecule has 35 heavy (non-hydrogen) atoms. The molecule has 0 radical (unpaired) electrons. The average Bonchev–Trinajstić information content (AvgIpc) is 3.43. The first-order valence-electron chi connectivity index (χ1n) is 11.5. The lowest BCUT2D eigenvalue weighted by Gasteiger charge is -2.34. The molecule has 5 rings (SSSR count). The van der Waals surface area contributed by atoms with Gasteiger partial charge in [0.15, 0.2) is 5.58 Å². The number of pyridine rings is 2. The summed E-state index contributed by atoms with van der Waals surface area (Å²) in [5, 5.41) is 6.28. The van der Waals surface area contributed by atoms with Crippen LogP contribution in [0.5, 0.6) is 0 Å². The van der Waals surface area contributed by atoms with Crippen LogP contribution in [0.2, 0.25) is 10.0 Å². The summed E-state index contributed by atoms with van der Waals surface area (Å²) in [5.41, 5.74) is 0.788. The summed E-state index contributed by atoms with van der Waals surface area (Å²) in [6.45, 7) is 0.802. The Bertz CT molecular complexity index is 1290. The van der Waals surface area contributed by atoms with E-state index in [4.69, 9.17) is 27.6 Å². The molecule has 1 saturated carbocycles. The monoisotopic (exact) mass is 515 g/mol. The summed E-state index contributed by atoms with van der Waals surface area (Å²) in [6.07, 6.45) is 7.22. The zero-order valence-electron chi connectivity index (χ0n) is 18.7. The number of nitrogens with one attached hydrogen (secondary N) is 2. The number of carbonyl (C=O) groups is 3. The van der Waals surface area contributed by atoms with E-state index in [1.807, 2.05) is 4.90 Å². The molecule has 9 nitrogen and oxygen atoms in total. The van der Waals surface area contributed by atoms with Crippen molar-refractivity contribution >= 4 is 63.5 Å². The van der Waals surface area contributed by atoms with Crippen LogP contribution in [0.15, 0.2) is 35.0 Å². The molecular weight excluding hydrogens is 493 g/mol. The quantitative estimate of drug-likeness (QED) is 0.498. The average molecular weight is 516 g/mol. The van der Waals surface area contributed by atoms with Gasteiger partial charge in [-0.05, 0) is 44.2 Å². The molecule has 0 unspecified atom stereocenters. The normalized spacial score (nSPS) is 20.3. The van der Waals surface area contributed by atoms with Crippen LogP contribution in [0.4, 0.5) is 11.5 Å².